The predicted octanol–water partition coefficient (Wildman–Crippen LogP) is 1.36. The minimum Gasteiger partial charge on any atom is -0.504 e. The summed E-state index contributed by atoms with van der Waals surface area (Å²) in [4.78, 5) is 0. The standard InChI is InChI=1S/C12H18N2O3/c1-16-7-3-6-13-14-9-10-4-5-11(15)12(8-10)17-2/h4-5,8-9,13,15H,3,6-7H2,1-2H3. The zero-order valence-corrected chi connectivity index (χ0v) is 10.1. The number of hydrazone groups is 1. The number of nitrogens with zero attached hydrogens (tertiary/aromatic N) is 1. The molecule has 2 N–H and O–H groups in total. The molecule has 0 amide bonds. The second-order valence-corrected chi connectivity index (χ2v) is 3.44. The van der Waals surface area contributed by atoms with Gasteiger partial charge in [-0.15, -0.1) is 0 Å². The van der Waals surface area contributed by atoms with Gasteiger partial charge in [0, 0.05) is 20.3 Å². The number of phenols is 1. The van der Waals surface area contributed by atoms with Gasteiger partial charge in [-0.3, -0.25) is 0 Å². The van der Waals surface area contributed by atoms with Crippen molar-refractivity contribution in [3.8, 4) is 11.5 Å². The van der Waals surface area contributed by atoms with Crippen LogP contribution in [0, 0.1) is 0 Å². The maximum absolute atomic E-state index is 9.40. The van der Waals surface area contributed by atoms with Crippen molar-refractivity contribution in [1.82, 2.24) is 5.43 Å². The average Bonchev–Trinajstić information content (AvgIpc) is 2.35. The summed E-state index contributed by atoms with van der Waals surface area (Å²) in [5, 5.41) is 13.5. The van der Waals surface area contributed by atoms with Crippen LogP contribution in [0.1, 0.15) is 12.0 Å². The van der Waals surface area contributed by atoms with Crippen molar-refractivity contribution in [1.29, 1.82) is 0 Å². The quantitative estimate of drug-likeness (QED) is 0.428. The lowest BCUT2D eigenvalue weighted by Gasteiger charge is -2.03. The first-order valence-electron chi connectivity index (χ1n) is 5.39. The zero-order chi connectivity index (χ0) is 12.5. The van der Waals surface area contributed by atoms with Crippen molar-refractivity contribution < 1.29 is 14.6 Å². The normalized spacial score (nSPS) is 10.7. The summed E-state index contributed by atoms with van der Waals surface area (Å²) in [6.07, 6.45) is 2.58. The number of ether oxygens (including phenoxy) is 2. The number of aromatic hydroxyl groups is 1. The molecular weight excluding hydrogens is 220 g/mol. The van der Waals surface area contributed by atoms with Gasteiger partial charge in [0.2, 0.25) is 0 Å². The highest BCUT2D eigenvalue weighted by atomic mass is 16.5. The van der Waals surface area contributed by atoms with E-state index < -0.39 is 0 Å². The van der Waals surface area contributed by atoms with Crippen LogP contribution in [0.5, 0.6) is 11.5 Å². The molecule has 0 bridgehead atoms. The summed E-state index contributed by atoms with van der Waals surface area (Å²) in [6, 6.07) is 5.05. The van der Waals surface area contributed by atoms with Crippen molar-refractivity contribution in [2.45, 2.75) is 6.42 Å². The fourth-order valence-electron chi connectivity index (χ4n) is 1.25. The third-order valence-corrected chi connectivity index (χ3v) is 2.15. The Morgan fingerprint density at radius 2 is 2.24 bits per heavy atom. The molecule has 1 aromatic rings. The number of benzene rings is 1. The Bertz CT molecular complexity index is 367. The Morgan fingerprint density at radius 3 is 2.94 bits per heavy atom. The van der Waals surface area contributed by atoms with Crippen molar-refractivity contribution in [3.63, 3.8) is 0 Å². The van der Waals surface area contributed by atoms with Crippen LogP contribution >= 0.6 is 0 Å². The third kappa shape index (κ3) is 4.74. The van der Waals surface area contributed by atoms with Gasteiger partial charge in [0.05, 0.1) is 13.3 Å². The Morgan fingerprint density at radius 1 is 1.41 bits per heavy atom. The monoisotopic (exact) mass is 238 g/mol. The van der Waals surface area contributed by atoms with Crippen LogP contribution in [0.15, 0.2) is 23.3 Å². The van der Waals surface area contributed by atoms with E-state index in [2.05, 4.69) is 10.5 Å². The number of hydrogen-bond donors (Lipinski definition) is 2. The van der Waals surface area contributed by atoms with E-state index >= 15 is 0 Å². The topological polar surface area (TPSA) is 63.1 Å². The van der Waals surface area contributed by atoms with E-state index in [1.807, 2.05) is 0 Å². The first-order valence-corrected chi connectivity index (χ1v) is 5.39. The largest absolute Gasteiger partial charge is 0.504 e. The maximum Gasteiger partial charge on any atom is 0.161 e. The molecule has 17 heavy (non-hydrogen) atoms. The summed E-state index contributed by atoms with van der Waals surface area (Å²) in [5.41, 5.74) is 3.77. The predicted molar refractivity (Wildman–Crippen MR) is 66.7 cm³/mol. The fourth-order valence-corrected chi connectivity index (χ4v) is 1.25. The van der Waals surface area contributed by atoms with E-state index in [4.69, 9.17) is 9.47 Å². The van der Waals surface area contributed by atoms with Crippen LogP contribution in [-0.4, -0.2) is 38.7 Å². The lowest BCUT2D eigenvalue weighted by molar-refractivity contribution is 0.194. The van der Waals surface area contributed by atoms with Gasteiger partial charge in [0.25, 0.3) is 0 Å². The van der Waals surface area contributed by atoms with Crippen LogP contribution in [0.2, 0.25) is 0 Å². The Kier molecular flexibility index (Phi) is 5.88. The molecule has 0 saturated carbocycles. The minimum atomic E-state index is 0.123. The molecule has 0 aromatic heterocycles. The lowest BCUT2D eigenvalue weighted by atomic mass is 10.2. The molecule has 0 radical (unpaired) electrons. The van der Waals surface area contributed by atoms with E-state index in [9.17, 15) is 5.11 Å². The second kappa shape index (κ2) is 7.51. The van der Waals surface area contributed by atoms with Crippen molar-refractivity contribution >= 4 is 6.21 Å². The van der Waals surface area contributed by atoms with E-state index in [-0.39, 0.29) is 5.75 Å². The number of methoxy groups -OCH3 is 2. The van der Waals surface area contributed by atoms with E-state index in [1.165, 1.54) is 7.11 Å². The molecule has 0 aliphatic rings. The highest BCUT2D eigenvalue weighted by Crippen LogP contribution is 2.25. The Labute approximate surface area is 101 Å². The van der Waals surface area contributed by atoms with E-state index in [0.29, 0.717) is 5.75 Å². The van der Waals surface area contributed by atoms with Gasteiger partial charge in [0.15, 0.2) is 11.5 Å². The van der Waals surface area contributed by atoms with Crippen molar-refractivity contribution in [3.05, 3.63) is 23.8 Å². The number of nitrogens with one attached hydrogen (secondary N) is 1. The van der Waals surface area contributed by atoms with E-state index in [0.717, 1.165) is 25.1 Å². The smallest absolute Gasteiger partial charge is 0.161 e. The van der Waals surface area contributed by atoms with Crippen LogP contribution in [0.25, 0.3) is 0 Å². The molecule has 1 aromatic carbocycles. The summed E-state index contributed by atoms with van der Waals surface area (Å²) in [6.45, 7) is 1.48. The molecule has 0 fully saturated rings. The molecule has 0 heterocycles. The Hall–Kier alpha value is -1.75. The molecule has 0 saturated heterocycles. The summed E-state index contributed by atoms with van der Waals surface area (Å²) in [7, 11) is 3.19. The maximum atomic E-state index is 9.40. The molecule has 5 nitrogen and oxygen atoms in total. The van der Waals surface area contributed by atoms with Crippen LogP contribution in [-0.2, 0) is 4.74 Å². The second-order valence-electron chi connectivity index (χ2n) is 3.44. The van der Waals surface area contributed by atoms with Gasteiger partial charge < -0.3 is 20.0 Å². The lowest BCUT2D eigenvalue weighted by Crippen LogP contribution is -2.09. The molecule has 0 unspecified atom stereocenters. The Balaban J connectivity index is 2.42. The number of rotatable bonds is 7. The average molecular weight is 238 g/mol. The van der Waals surface area contributed by atoms with Crippen LogP contribution in [0.4, 0.5) is 0 Å². The van der Waals surface area contributed by atoms with Crippen LogP contribution in [0.3, 0.4) is 0 Å². The van der Waals surface area contributed by atoms with Gasteiger partial charge >= 0.3 is 0 Å². The molecule has 0 atom stereocenters. The van der Waals surface area contributed by atoms with Gasteiger partial charge in [-0.1, -0.05) is 0 Å². The van der Waals surface area contributed by atoms with Crippen LogP contribution < -0.4 is 10.2 Å². The van der Waals surface area contributed by atoms with Gasteiger partial charge in [-0.05, 0) is 30.2 Å². The third-order valence-electron chi connectivity index (χ3n) is 2.15. The minimum absolute atomic E-state index is 0.123. The van der Waals surface area contributed by atoms with Gasteiger partial charge in [-0.2, -0.15) is 5.10 Å². The molecule has 0 aliphatic heterocycles. The molecular formula is C12H18N2O3. The SMILES string of the molecule is COCCCNN=Cc1ccc(O)c(OC)c1. The molecule has 0 spiro atoms. The first-order chi connectivity index (χ1) is 8.27. The molecule has 94 valence electrons. The molecule has 1 rings (SSSR count). The fraction of sp³-hybridized carbons (Fsp3) is 0.417. The van der Waals surface area contributed by atoms with E-state index in [1.54, 1.807) is 31.5 Å². The molecule has 5 heteroatoms. The highest BCUT2D eigenvalue weighted by molar-refractivity contribution is 5.80. The van der Waals surface area contributed by atoms with Crippen molar-refractivity contribution in [2.24, 2.45) is 5.10 Å². The first kappa shape index (κ1) is 13.3. The summed E-state index contributed by atoms with van der Waals surface area (Å²) in [5.74, 6) is 0.561. The zero-order valence-electron chi connectivity index (χ0n) is 10.1. The van der Waals surface area contributed by atoms with Crippen molar-refractivity contribution in [2.75, 3.05) is 27.4 Å². The summed E-state index contributed by atoms with van der Waals surface area (Å²) >= 11 is 0. The van der Waals surface area contributed by atoms with Gasteiger partial charge in [-0.25, -0.2) is 0 Å². The number of phenolic OH excluding ortho intramolecular Hbond substituents is 1. The highest BCUT2D eigenvalue weighted by Gasteiger charge is 2.00. The number of hydrogen-bond acceptors (Lipinski definition) is 5. The summed E-state index contributed by atoms with van der Waals surface area (Å²) < 4.78 is 9.91. The van der Waals surface area contributed by atoms with Gasteiger partial charge in [0.1, 0.15) is 0 Å². The molecule has 0 aliphatic carbocycles.